The fraction of sp³-hybridized carbons (Fsp3) is 0.667. The van der Waals surface area contributed by atoms with Crippen molar-refractivity contribution in [2.24, 2.45) is 23.7 Å². The van der Waals surface area contributed by atoms with Gasteiger partial charge in [-0.3, -0.25) is 9.59 Å². The monoisotopic (exact) mass is 566 g/mol. The van der Waals surface area contributed by atoms with Gasteiger partial charge < -0.3 is 24.6 Å². The van der Waals surface area contributed by atoms with Gasteiger partial charge in [-0.15, -0.1) is 0 Å². The van der Waals surface area contributed by atoms with Crippen LogP contribution < -0.4 is 5.32 Å². The summed E-state index contributed by atoms with van der Waals surface area (Å²) in [5.41, 5.74) is -1.06. The number of alkyl carbamates (subject to hydrolysis) is 1. The molecule has 3 aliphatic rings. The Labute approximate surface area is 229 Å². The molecule has 0 radical (unpaired) electrons. The smallest absolute Gasteiger partial charge is 0.407 e. The number of carbonyl (C=O) groups excluding carboxylic acids is 3. The number of aliphatic hydroxyl groups is 1. The third-order valence-electron chi connectivity index (χ3n) is 8.51. The van der Waals surface area contributed by atoms with Gasteiger partial charge in [0.25, 0.3) is 0 Å². The SMILES string of the molecule is COC(=O)[C@H]1C[C@H](OC(=O)NCC2CCCCC2)[C@@]2(O)CN(S(=O)(=O)c3ccc(C)cc3)CC2[C@H]1C(=O)OC. The van der Waals surface area contributed by atoms with Crippen LogP contribution in [0.15, 0.2) is 29.2 Å². The third kappa shape index (κ3) is 5.92. The number of benzene rings is 1. The van der Waals surface area contributed by atoms with Gasteiger partial charge in [-0.05, 0) is 37.8 Å². The number of hydrogen-bond donors (Lipinski definition) is 2. The zero-order valence-electron chi connectivity index (χ0n) is 22.6. The van der Waals surface area contributed by atoms with Gasteiger partial charge in [0.05, 0.1) is 31.0 Å². The standard InChI is InChI=1S/C27H38N2O9S/c1-17-9-11-19(12-10-17)39(34,35)29-15-21-23(25(31)37-3)20(24(30)36-2)13-22(27(21,33)16-29)38-26(32)28-14-18-7-5-4-6-8-18/h9-12,18,20-23,33H,4-8,13-16H2,1-3H3,(H,28,32)/t20-,21?,22-,23-,27+/m0/s1. The minimum Gasteiger partial charge on any atom is -0.469 e. The second-order valence-electron chi connectivity index (χ2n) is 10.9. The highest BCUT2D eigenvalue weighted by molar-refractivity contribution is 7.89. The van der Waals surface area contributed by atoms with Crippen molar-refractivity contribution in [3.8, 4) is 0 Å². The molecule has 1 unspecified atom stereocenters. The van der Waals surface area contributed by atoms with E-state index in [-0.39, 0.29) is 17.9 Å². The van der Waals surface area contributed by atoms with E-state index in [1.54, 1.807) is 12.1 Å². The first kappa shape index (κ1) is 29.3. The summed E-state index contributed by atoms with van der Waals surface area (Å²) in [5, 5.41) is 14.7. The maximum Gasteiger partial charge on any atom is 0.407 e. The molecule has 1 saturated heterocycles. The summed E-state index contributed by atoms with van der Waals surface area (Å²) in [5.74, 6) is -4.56. The molecule has 3 fully saturated rings. The predicted molar refractivity (Wildman–Crippen MR) is 139 cm³/mol. The van der Waals surface area contributed by atoms with Gasteiger partial charge in [0.2, 0.25) is 10.0 Å². The summed E-state index contributed by atoms with van der Waals surface area (Å²) in [6, 6.07) is 6.27. The average Bonchev–Trinajstić information content (AvgIpc) is 3.31. The second kappa shape index (κ2) is 11.8. The quantitative estimate of drug-likeness (QED) is 0.373. The van der Waals surface area contributed by atoms with E-state index < -0.39 is 64.1 Å². The number of ether oxygens (including phenoxy) is 3. The number of rotatable bonds is 7. The van der Waals surface area contributed by atoms with Crippen molar-refractivity contribution in [2.45, 2.75) is 62.0 Å². The van der Waals surface area contributed by atoms with Crippen LogP contribution in [-0.2, 0) is 33.8 Å². The van der Waals surface area contributed by atoms with Crippen molar-refractivity contribution < 1.29 is 42.1 Å². The first-order chi connectivity index (χ1) is 18.5. The molecule has 2 N–H and O–H groups in total. The van der Waals surface area contributed by atoms with E-state index in [4.69, 9.17) is 14.2 Å². The van der Waals surface area contributed by atoms with Crippen LogP contribution in [0.1, 0.15) is 44.1 Å². The van der Waals surface area contributed by atoms with Crippen molar-refractivity contribution >= 4 is 28.1 Å². The summed E-state index contributed by atoms with van der Waals surface area (Å²) in [4.78, 5) is 38.6. The van der Waals surface area contributed by atoms with Crippen LogP contribution in [0.25, 0.3) is 0 Å². The van der Waals surface area contributed by atoms with Gasteiger partial charge in [-0.1, -0.05) is 37.0 Å². The van der Waals surface area contributed by atoms with Crippen molar-refractivity contribution in [1.82, 2.24) is 9.62 Å². The number of amides is 1. The average molecular weight is 567 g/mol. The molecule has 1 amide bonds. The zero-order chi connectivity index (χ0) is 28.4. The minimum absolute atomic E-state index is 0.0252. The Bertz CT molecular complexity index is 1170. The first-order valence-corrected chi connectivity index (χ1v) is 14.8. The lowest BCUT2D eigenvalue weighted by atomic mass is 9.64. The molecule has 216 valence electrons. The lowest BCUT2D eigenvalue weighted by molar-refractivity contribution is -0.186. The lowest BCUT2D eigenvalue weighted by Gasteiger charge is -2.46. The van der Waals surface area contributed by atoms with E-state index in [1.165, 1.54) is 25.7 Å². The van der Waals surface area contributed by atoms with Crippen LogP contribution in [-0.4, -0.2) is 81.4 Å². The molecule has 0 bridgehead atoms. The van der Waals surface area contributed by atoms with Crippen LogP contribution >= 0.6 is 0 Å². The van der Waals surface area contributed by atoms with Crippen LogP contribution in [0.3, 0.4) is 0 Å². The molecule has 1 heterocycles. The Hall–Kier alpha value is -2.70. The minimum atomic E-state index is -4.08. The van der Waals surface area contributed by atoms with Gasteiger partial charge in [0.1, 0.15) is 11.7 Å². The van der Waals surface area contributed by atoms with Gasteiger partial charge >= 0.3 is 18.0 Å². The van der Waals surface area contributed by atoms with Crippen molar-refractivity contribution in [1.29, 1.82) is 0 Å². The summed E-state index contributed by atoms with van der Waals surface area (Å²) in [6.07, 6.45) is 3.14. The topological polar surface area (TPSA) is 149 Å². The summed E-state index contributed by atoms with van der Waals surface area (Å²) < 4.78 is 43.7. The van der Waals surface area contributed by atoms with E-state index in [2.05, 4.69) is 5.32 Å². The van der Waals surface area contributed by atoms with E-state index >= 15 is 0 Å². The van der Waals surface area contributed by atoms with Crippen LogP contribution in [0.5, 0.6) is 0 Å². The predicted octanol–water partition coefficient (Wildman–Crippen LogP) is 2.00. The molecule has 4 rings (SSSR count). The summed E-state index contributed by atoms with van der Waals surface area (Å²) in [6.45, 7) is 1.56. The van der Waals surface area contributed by atoms with Crippen molar-refractivity contribution in [3.63, 3.8) is 0 Å². The molecule has 5 atom stereocenters. The summed E-state index contributed by atoms with van der Waals surface area (Å²) >= 11 is 0. The van der Waals surface area contributed by atoms with E-state index in [0.717, 1.165) is 42.7 Å². The number of hydrogen-bond acceptors (Lipinski definition) is 9. The van der Waals surface area contributed by atoms with Crippen molar-refractivity contribution in [3.05, 3.63) is 29.8 Å². The van der Waals surface area contributed by atoms with Crippen LogP contribution in [0.4, 0.5) is 4.79 Å². The fourth-order valence-electron chi connectivity index (χ4n) is 6.31. The molecule has 0 spiro atoms. The molecule has 1 aliphatic heterocycles. The molecular weight excluding hydrogens is 528 g/mol. The van der Waals surface area contributed by atoms with Gasteiger partial charge in [-0.25, -0.2) is 13.2 Å². The van der Waals surface area contributed by atoms with E-state index in [1.807, 2.05) is 6.92 Å². The molecular formula is C27H38N2O9S. The molecule has 1 aromatic rings. The van der Waals surface area contributed by atoms with E-state index in [9.17, 15) is 27.9 Å². The Balaban J connectivity index is 1.63. The van der Waals surface area contributed by atoms with Gasteiger partial charge in [0, 0.05) is 32.0 Å². The van der Waals surface area contributed by atoms with Gasteiger partial charge in [0.15, 0.2) is 0 Å². The number of β-amino-alcohol motifs (C(OH)–C–C–N with tert-alkyl or cyclic N) is 1. The Morgan fingerprint density at radius 2 is 1.69 bits per heavy atom. The van der Waals surface area contributed by atoms with E-state index in [0.29, 0.717) is 12.5 Å². The first-order valence-electron chi connectivity index (χ1n) is 13.4. The molecule has 0 aromatic heterocycles. The molecule has 12 heteroatoms. The molecule has 2 saturated carbocycles. The van der Waals surface area contributed by atoms with Crippen LogP contribution in [0, 0.1) is 30.6 Å². The normalized spacial score (nSPS) is 29.7. The Morgan fingerprint density at radius 3 is 2.31 bits per heavy atom. The number of nitrogens with zero attached hydrogens (tertiary/aromatic N) is 1. The fourth-order valence-corrected chi connectivity index (χ4v) is 7.82. The highest BCUT2D eigenvalue weighted by atomic mass is 32.2. The Kier molecular flexibility index (Phi) is 8.87. The number of aryl methyl sites for hydroxylation is 1. The molecule has 1 aromatic carbocycles. The second-order valence-corrected chi connectivity index (χ2v) is 12.8. The maximum absolute atomic E-state index is 13.5. The molecule has 11 nitrogen and oxygen atoms in total. The van der Waals surface area contributed by atoms with Crippen molar-refractivity contribution in [2.75, 3.05) is 33.9 Å². The highest BCUT2D eigenvalue weighted by Crippen LogP contribution is 2.49. The maximum atomic E-state index is 13.5. The number of esters is 2. The lowest BCUT2D eigenvalue weighted by Crippen LogP contribution is -2.61. The zero-order valence-corrected chi connectivity index (χ0v) is 23.4. The molecule has 2 aliphatic carbocycles. The summed E-state index contributed by atoms with van der Waals surface area (Å²) in [7, 11) is -1.75. The number of sulfonamides is 1. The number of nitrogens with one attached hydrogen (secondary N) is 1. The Morgan fingerprint density at radius 1 is 1.05 bits per heavy atom. The number of fused-ring (bicyclic) bond motifs is 1. The van der Waals surface area contributed by atoms with Gasteiger partial charge in [-0.2, -0.15) is 4.31 Å². The number of methoxy groups -OCH3 is 2. The third-order valence-corrected chi connectivity index (χ3v) is 10.3. The molecule has 39 heavy (non-hydrogen) atoms. The number of carbonyl (C=O) groups is 3. The van der Waals surface area contributed by atoms with Crippen LogP contribution in [0.2, 0.25) is 0 Å². The highest BCUT2D eigenvalue weighted by Gasteiger charge is 2.65. The largest absolute Gasteiger partial charge is 0.469 e.